The molecule has 0 aliphatic rings. The monoisotopic (exact) mass is 190 g/mol. The molecular formula is C10H14N4. The number of aromatic nitrogens is 2. The number of fused-ring (bicyclic) bond motifs is 1. The van der Waals surface area contributed by atoms with Crippen LogP contribution in [0.15, 0.2) is 18.2 Å². The van der Waals surface area contributed by atoms with Crippen LogP contribution in [0.4, 0.5) is 5.69 Å². The van der Waals surface area contributed by atoms with Crippen molar-refractivity contribution in [3.8, 4) is 0 Å². The van der Waals surface area contributed by atoms with E-state index in [1.807, 2.05) is 20.2 Å². The van der Waals surface area contributed by atoms with Crippen LogP contribution in [0.3, 0.4) is 0 Å². The summed E-state index contributed by atoms with van der Waals surface area (Å²) < 4.78 is 0. The highest BCUT2D eigenvalue weighted by atomic mass is 15.1. The predicted molar refractivity (Wildman–Crippen MR) is 58.3 cm³/mol. The van der Waals surface area contributed by atoms with E-state index in [9.17, 15) is 0 Å². The number of rotatable bonds is 2. The lowest BCUT2D eigenvalue weighted by atomic mass is 10.2. The number of benzene rings is 1. The highest BCUT2D eigenvalue weighted by Crippen LogP contribution is 2.21. The van der Waals surface area contributed by atoms with Crippen molar-refractivity contribution < 1.29 is 0 Å². The molecule has 0 fully saturated rings. The number of nitrogens with two attached hydrogens (primary N) is 1. The zero-order valence-electron chi connectivity index (χ0n) is 8.41. The molecular weight excluding hydrogens is 176 g/mol. The minimum Gasteiger partial charge on any atom is -0.378 e. The molecule has 1 aromatic carbocycles. The maximum Gasteiger partial charge on any atom is 0.0944 e. The summed E-state index contributed by atoms with van der Waals surface area (Å²) in [4.78, 5) is 2.05. The quantitative estimate of drug-likeness (QED) is 0.745. The summed E-state index contributed by atoms with van der Waals surface area (Å²) in [5, 5.41) is 8.25. The van der Waals surface area contributed by atoms with Gasteiger partial charge >= 0.3 is 0 Å². The first-order valence-electron chi connectivity index (χ1n) is 4.57. The number of nitrogens with one attached hydrogen (secondary N) is 1. The van der Waals surface area contributed by atoms with Gasteiger partial charge in [-0.25, -0.2) is 0 Å². The molecule has 0 aliphatic heterocycles. The molecule has 0 atom stereocenters. The summed E-state index contributed by atoms with van der Waals surface area (Å²) >= 11 is 0. The predicted octanol–water partition coefficient (Wildman–Crippen LogP) is 1.09. The molecule has 1 heterocycles. The molecule has 2 aromatic rings. The normalized spacial score (nSPS) is 10.8. The van der Waals surface area contributed by atoms with Crippen LogP contribution in [0.1, 0.15) is 5.69 Å². The smallest absolute Gasteiger partial charge is 0.0944 e. The number of aromatic amines is 1. The van der Waals surface area contributed by atoms with Gasteiger partial charge in [-0.1, -0.05) is 0 Å². The lowest BCUT2D eigenvalue weighted by Crippen LogP contribution is -2.08. The number of hydrogen-bond acceptors (Lipinski definition) is 3. The SMILES string of the molecule is CN(C)c1ccc2c(CN)[nH]nc2c1. The van der Waals surface area contributed by atoms with Crippen LogP contribution in [-0.4, -0.2) is 24.3 Å². The molecule has 1 aromatic heterocycles. The van der Waals surface area contributed by atoms with Gasteiger partial charge in [-0.2, -0.15) is 5.10 Å². The second-order valence-corrected chi connectivity index (χ2v) is 3.50. The minimum atomic E-state index is 0.498. The number of hydrogen-bond donors (Lipinski definition) is 2. The van der Waals surface area contributed by atoms with Gasteiger partial charge in [-0.3, -0.25) is 5.10 Å². The van der Waals surface area contributed by atoms with E-state index in [0.29, 0.717) is 6.54 Å². The van der Waals surface area contributed by atoms with E-state index in [1.54, 1.807) is 0 Å². The Bertz CT molecular complexity index is 444. The summed E-state index contributed by atoms with van der Waals surface area (Å²) in [6, 6.07) is 6.17. The van der Waals surface area contributed by atoms with Gasteiger partial charge in [0, 0.05) is 31.7 Å². The molecule has 0 saturated heterocycles. The van der Waals surface area contributed by atoms with Crippen LogP contribution in [0.2, 0.25) is 0 Å². The average Bonchev–Trinajstić information content (AvgIpc) is 2.59. The van der Waals surface area contributed by atoms with Gasteiger partial charge in [0.2, 0.25) is 0 Å². The van der Waals surface area contributed by atoms with E-state index in [4.69, 9.17) is 5.73 Å². The van der Waals surface area contributed by atoms with Gasteiger partial charge < -0.3 is 10.6 Å². The molecule has 4 heteroatoms. The molecule has 0 amide bonds. The van der Waals surface area contributed by atoms with Crippen molar-refractivity contribution >= 4 is 16.6 Å². The van der Waals surface area contributed by atoms with E-state index in [-0.39, 0.29) is 0 Å². The third-order valence-electron chi connectivity index (χ3n) is 2.34. The van der Waals surface area contributed by atoms with Crippen molar-refractivity contribution in [2.24, 2.45) is 5.73 Å². The second-order valence-electron chi connectivity index (χ2n) is 3.50. The summed E-state index contributed by atoms with van der Waals surface area (Å²) in [7, 11) is 4.02. The highest BCUT2D eigenvalue weighted by Gasteiger charge is 2.04. The number of H-pyrrole nitrogens is 1. The van der Waals surface area contributed by atoms with Crippen molar-refractivity contribution in [3.05, 3.63) is 23.9 Å². The molecule has 0 bridgehead atoms. The average molecular weight is 190 g/mol. The topological polar surface area (TPSA) is 57.9 Å². The largest absolute Gasteiger partial charge is 0.378 e. The third-order valence-corrected chi connectivity index (χ3v) is 2.34. The minimum absolute atomic E-state index is 0.498. The molecule has 2 rings (SSSR count). The first-order valence-corrected chi connectivity index (χ1v) is 4.57. The number of anilines is 1. The van der Waals surface area contributed by atoms with Crippen LogP contribution < -0.4 is 10.6 Å². The van der Waals surface area contributed by atoms with Gasteiger partial charge in [0.15, 0.2) is 0 Å². The van der Waals surface area contributed by atoms with E-state index < -0.39 is 0 Å². The van der Waals surface area contributed by atoms with E-state index in [0.717, 1.165) is 22.3 Å². The summed E-state index contributed by atoms with van der Waals surface area (Å²) in [6.45, 7) is 0.498. The Morgan fingerprint density at radius 3 is 2.86 bits per heavy atom. The highest BCUT2D eigenvalue weighted by molar-refractivity contribution is 5.84. The standard InChI is InChI=1S/C10H14N4/c1-14(2)7-3-4-8-9(5-7)12-13-10(8)6-11/h3-5H,6,11H2,1-2H3,(H,12,13). The van der Waals surface area contributed by atoms with Crippen molar-refractivity contribution in [1.82, 2.24) is 10.2 Å². The fourth-order valence-electron chi connectivity index (χ4n) is 1.49. The molecule has 0 aliphatic carbocycles. The fraction of sp³-hybridized carbons (Fsp3) is 0.300. The molecule has 3 N–H and O–H groups in total. The molecule has 0 unspecified atom stereocenters. The Morgan fingerprint density at radius 1 is 1.43 bits per heavy atom. The van der Waals surface area contributed by atoms with E-state index in [2.05, 4.69) is 27.2 Å². The fourth-order valence-corrected chi connectivity index (χ4v) is 1.49. The van der Waals surface area contributed by atoms with E-state index in [1.165, 1.54) is 0 Å². The van der Waals surface area contributed by atoms with Crippen LogP contribution in [0, 0.1) is 0 Å². The van der Waals surface area contributed by atoms with Gasteiger partial charge in [0.25, 0.3) is 0 Å². The first kappa shape index (κ1) is 9.02. The maximum absolute atomic E-state index is 5.58. The molecule has 0 radical (unpaired) electrons. The molecule has 0 saturated carbocycles. The van der Waals surface area contributed by atoms with Crippen LogP contribution in [-0.2, 0) is 6.54 Å². The third kappa shape index (κ3) is 1.33. The van der Waals surface area contributed by atoms with Crippen molar-refractivity contribution in [3.63, 3.8) is 0 Å². The van der Waals surface area contributed by atoms with Gasteiger partial charge in [-0.05, 0) is 18.2 Å². The van der Waals surface area contributed by atoms with E-state index >= 15 is 0 Å². The van der Waals surface area contributed by atoms with Gasteiger partial charge in [0.05, 0.1) is 11.2 Å². The van der Waals surface area contributed by atoms with Crippen molar-refractivity contribution in [1.29, 1.82) is 0 Å². The lowest BCUT2D eigenvalue weighted by molar-refractivity contribution is 0.959. The summed E-state index contributed by atoms with van der Waals surface area (Å²) in [5.41, 5.74) is 8.68. The maximum atomic E-state index is 5.58. The molecule has 14 heavy (non-hydrogen) atoms. The van der Waals surface area contributed by atoms with Crippen LogP contribution >= 0.6 is 0 Å². The lowest BCUT2D eigenvalue weighted by Gasteiger charge is -2.11. The van der Waals surface area contributed by atoms with Crippen molar-refractivity contribution in [2.75, 3.05) is 19.0 Å². The first-order chi connectivity index (χ1) is 6.72. The Labute approximate surface area is 82.7 Å². The van der Waals surface area contributed by atoms with Crippen molar-refractivity contribution in [2.45, 2.75) is 6.54 Å². The van der Waals surface area contributed by atoms with Crippen LogP contribution in [0.25, 0.3) is 10.9 Å². The molecule has 0 spiro atoms. The molecule has 74 valence electrons. The summed E-state index contributed by atoms with van der Waals surface area (Å²) in [6.07, 6.45) is 0. The second kappa shape index (κ2) is 3.31. The zero-order valence-corrected chi connectivity index (χ0v) is 8.41. The summed E-state index contributed by atoms with van der Waals surface area (Å²) in [5.74, 6) is 0. The van der Waals surface area contributed by atoms with Gasteiger partial charge in [0.1, 0.15) is 0 Å². The Hall–Kier alpha value is -1.55. The molecule has 4 nitrogen and oxygen atoms in total. The Balaban J connectivity index is 2.57. The number of nitrogens with zero attached hydrogens (tertiary/aromatic N) is 2. The van der Waals surface area contributed by atoms with Crippen LogP contribution in [0.5, 0.6) is 0 Å². The van der Waals surface area contributed by atoms with Gasteiger partial charge in [-0.15, -0.1) is 0 Å². The Kier molecular flexibility index (Phi) is 2.13. The Morgan fingerprint density at radius 2 is 2.21 bits per heavy atom. The zero-order chi connectivity index (χ0) is 10.1.